The largest absolute Gasteiger partial charge is 0.298 e. The number of hydrogen-bond acceptors (Lipinski definition) is 3. The number of aryl methyl sites for hydroxylation is 2. The van der Waals surface area contributed by atoms with Crippen molar-refractivity contribution < 1.29 is 4.79 Å². The normalized spacial score (nSPS) is 13.9. The van der Waals surface area contributed by atoms with E-state index in [1.807, 2.05) is 0 Å². The first kappa shape index (κ1) is 13.9. The molecule has 0 radical (unpaired) electrons. The second-order valence-corrected chi connectivity index (χ2v) is 6.52. The molecule has 1 heterocycles. The number of amides is 1. The van der Waals surface area contributed by atoms with Gasteiger partial charge in [0.25, 0.3) is 5.91 Å². The molecule has 6 heteroatoms. The first-order valence-electron chi connectivity index (χ1n) is 6.39. The predicted molar refractivity (Wildman–Crippen MR) is 83.2 cm³/mol. The molecule has 1 amide bonds. The summed E-state index contributed by atoms with van der Waals surface area (Å²) in [4.78, 5) is 18.0. The zero-order chi connectivity index (χ0) is 14.1. The fourth-order valence-electron chi connectivity index (χ4n) is 2.25. The highest BCUT2D eigenvalue weighted by Gasteiger charge is 2.18. The maximum absolute atomic E-state index is 12.2. The predicted octanol–water partition coefficient (Wildman–Crippen LogP) is 4.58. The first-order valence-corrected chi connectivity index (χ1v) is 7.96. The minimum atomic E-state index is -0.274. The molecule has 3 rings (SSSR count). The summed E-state index contributed by atoms with van der Waals surface area (Å²) >= 11 is 13.5. The lowest BCUT2D eigenvalue weighted by Gasteiger charge is -2.06. The van der Waals surface area contributed by atoms with Gasteiger partial charge in [0.05, 0.1) is 21.3 Å². The van der Waals surface area contributed by atoms with E-state index < -0.39 is 0 Å². The van der Waals surface area contributed by atoms with Crippen molar-refractivity contribution in [2.45, 2.75) is 25.7 Å². The van der Waals surface area contributed by atoms with Gasteiger partial charge in [-0.1, -0.05) is 29.3 Å². The standard InChI is InChI=1S/C14H12Cl2N2OS/c15-9-5-3-4-8(12(9)16)13(19)18-14-17-10-6-1-2-7-11(10)20-14/h3-5H,1-2,6-7H2,(H,17,18,19). The molecule has 0 unspecified atom stereocenters. The zero-order valence-corrected chi connectivity index (χ0v) is 12.9. The number of anilines is 1. The van der Waals surface area contributed by atoms with Gasteiger partial charge >= 0.3 is 0 Å². The molecule has 0 fully saturated rings. The second-order valence-electron chi connectivity index (χ2n) is 4.65. The number of aromatic nitrogens is 1. The molecule has 1 aliphatic rings. The molecule has 20 heavy (non-hydrogen) atoms. The number of carbonyl (C=O) groups excluding carboxylic acids is 1. The lowest BCUT2D eigenvalue weighted by Crippen LogP contribution is -2.12. The molecule has 1 aromatic carbocycles. The Morgan fingerprint density at radius 1 is 1.25 bits per heavy atom. The summed E-state index contributed by atoms with van der Waals surface area (Å²) in [5.74, 6) is -0.274. The van der Waals surface area contributed by atoms with Crippen LogP contribution in [0.15, 0.2) is 18.2 Å². The quantitative estimate of drug-likeness (QED) is 0.877. The van der Waals surface area contributed by atoms with Crippen LogP contribution in [0.5, 0.6) is 0 Å². The van der Waals surface area contributed by atoms with E-state index in [9.17, 15) is 4.79 Å². The Labute approximate surface area is 130 Å². The highest BCUT2D eigenvalue weighted by Crippen LogP contribution is 2.31. The molecule has 0 saturated carbocycles. The van der Waals surface area contributed by atoms with Crippen LogP contribution >= 0.6 is 34.5 Å². The van der Waals surface area contributed by atoms with Crippen LogP contribution in [0.3, 0.4) is 0 Å². The maximum atomic E-state index is 12.2. The molecular weight excluding hydrogens is 315 g/mol. The lowest BCUT2D eigenvalue weighted by atomic mass is 10.0. The van der Waals surface area contributed by atoms with E-state index in [0.717, 1.165) is 18.5 Å². The minimum absolute atomic E-state index is 0.271. The van der Waals surface area contributed by atoms with Gasteiger partial charge in [-0.2, -0.15) is 0 Å². The Hall–Kier alpha value is -1.10. The van der Waals surface area contributed by atoms with Crippen molar-refractivity contribution in [2.24, 2.45) is 0 Å². The third kappa shape index (κ3) is 2.68. The summed E-state index contributed by atoms with van der Waals surface area (Å²) in [5, 5.41) is 4.09. The number of carbonyl (C=O) groups is 1. The number of thiazole rings is 1. The maximum Gasteiger partial charge on any atom is 0.259 e. The highest BCUT2D eigenvalue weighted by molar-refractivity contribution is 7.15. The van der Waals surface area contributed by atoms with Crippen LogP contribution in [0.2, 0.25) is 10.0 Å². The van der Waals surface area contributed by atoms with Crippen LogP contribution < -0.4 is 5.32 Å². The van der Waals surface area contributed by atoms with Crippen LogP contribution in [-0.2, 0) is 12.8 Å². The highest BCUT2D eigenvalue weighted by atomic mass is 35.5. The van der Waals surface area contributed by atoms with Gasteiger partial charge in [-0.3, -0.25) is 10.1 Å². The number of hydrogen-bond donors (Lipinski definition) is 1. The van der Waals surface area contributed by atoms with Gasteiger partial charge in [0, 0.05) is 4.88 Å². The van der Waals surface area contributed by atoms with Crippen LogP contribution in [-0.4, -0.2) is 10.9 Å². The molecule has 0 saturated heterocycles. The van der Waals surface area contributed by atoms with Crippen molar-refractivity contribution in [3.63, 3.8) is 0 Å². The summed E-state index contributed by atoms with van der Waals surface area (Å²) in [6.45, 7) is 0. The summed E-state index contributed by atoms with van der Waals surface area (Å²) < 4.78 is 0. The molecular formula is C14H12Cl2N2OS. The van der Waals surface area contributed by atoms with Crippen molar-refractivity contribution in [1.29, 1.82) is 0 Å². The molecule has 1 aliphatic carbocycles. The molecule has 104 valence electrons. The Morgan fingerprint density at radius 3 is 2.85 bits per heavy atom. The molecule has 1 aromatic heterocycles. The topological polar surface area (TPSA) is 42.0 Å². The van der Waals surface area contributed by atoms with Crippen molar-refractivity contribution in [3.05, 3.63) is 44.4 Å². The summed E-state index contributed by atoms with van der Waals surface area (Å²) in [5.41, 5.74) is 1.49. The summed E-state index contributed by atoms with van der Waals surface area (Å²) in [7, 11) is 0. The van der Waals surface area contributed by atoms with Gasteiger partial charge in [-0.05, 0) is 37.8 Å². The number of benzene rings is 1. The molecule has 0 aliphatic heterocycles. The van der Waals surface area contributed by atoms with E-state index in [-0.39, 0.29) is 10.9 Å². The van der Waals surface area contributed by atoms with Crippen molar-refractivity contribution in [2.75, 3.05) is 5.32 Å². The van der Waals surface area contributed by atoms with Crippen LogP contribution in [0, 0.1) is 0 Å². The minimum Gasteiger partial charge on any atom is -0.298 e. The van der Waals surface area contributed by atoms with Gasteiger partial charge in [0.15, 0.2) is 5.13 Å². The third-order valence-corrected chi connectivity index (χ3v) is 5.15. The van der Waals surface area contributed by atoms with Crippen LogP contribution in [0.4, 0.5) is 5.13 Å². The molecule has 0 bridgehead atoms. The Morgan fingerprint density at radius 2 is 2.05 bits per heavy atom. The van der Waals surface area contributed by atoms with Gasteiger partial charge in [-0.15, -0.1) is 11.3 Å². The van der Waals surface area contributed by atoms with Gasteiger partial charge < -0.3 is 0 Å². The summed E-state index contributed by atoms with van der Waals surface area (Å²) in [6.07, 6.45) is 4.42. The first-order chi connectivity index (χ1) is 9.65. The molecule has 0 spiro atoms. The monoisotopic (exact) mass is 326 g/mol. The summed E-state index contributed by atoms with van der Waals surface area (Å²) in [6, 6.07) is 5.01. The molecule has 1 N–H and O–H groups in total. The Kier molecular flexibility index (Phi) is 3.96. The van der Waals surface area contributed by atoms with E-state index in [1.165, 1.54) is 17.7 Å². The average Bonchev–Trinajstić information content (AvgIpc) is 2.83. The number of nitrogens with zero attached hydrogens (tertiary/aromatic N) is 1. The van der Waals surface area contributed by atoms with Gasteiger partial charge in [0.2, 0.25) is 0 Å². The van der Waals surface area contributed by atoms with E-state index in [1.54, 1.807) is 29.5 Å². The average molecular weight is 327 g/mol. The fourth-order valence-corrected chi connectivity index (χ4v) is 3.68. The van der Waals surface area contributed by atoms with Gasteiger partial charge in [-0.25, -0.2) is 4.98 Å². The van der Waals surface area contributed by atoms with E-state index >= 15 is 0 Å². The van der Waals surface area contributed by atoms with Crippen LogP contribution in [0.1, 0.15) is 33.8 Å². The molecule has 2 aromatic rings. The number of halogens is 2. The van der Waals surface area contributed by atoms with E-state index in [0.29, 0.717) is 15.7 Å². The van der Waals surface area contributed by atoms with Crippen molar-refractivity contribution in [3.8, 4) is 0 Å². The van der Waals surface area contributed by atoms with Crippen molar-refractivity contribution in [1.82, 2.24) is 4.98 Å². The number of rotatable bonds is 2. The van der Waals surface area contributed by atoms with E-state index in [4.69, 9.17) is 23.2 Å². The number of nitrogens with one attached hydrogen (secondary N) is 1. The lowest BCUT2D eigenvalue weighted by molar-refractivity contribution is 0.102. The fraction of sp³-hybridized carbons (Fsp3) is 0.286. The SMILES string of the molecule is O=C(Nc1nc2c(s1)CCCC2)c1cccc(Cl)c1Cl. The van der Waals surface area contributed by atoms with Crippen LogP contribution in [0.25, 0.3) is 0 Å². The smallest absolute Gasteiger partial charge is 0.259 e. The van der Waals surface area contributed by atoms with Gasteiger partial charge in [0.1, 0.15) is 0 Å². The Bertz CT molecular complexity index is 646. The number of fused-ring (bicyclic) bond motifs is 1. The van der Waals surface area contributed by atoms with E-state index in [2.05, 4.69) is 10.3 Å². The second kappa shape index (κ2) is 5.72. The third-order valence-electron chi connectivity index (χ3n) is 3.26. The molecule has 0 atom stereocenters. The Balaban J connectivity index is 1.82. The zero-order valence-electron chi connectivity index (χ0n) is 10.6. The van der Waals surface area contributed by atoms with Crippen molar-refractivity contribution >= 4 is 45.6 Å². The molecule has 3 nitrogen and oxygen atoms in total.